The maximum atomic E-state index is 13.0. The summed E-state index contributed by atoms with van der Waals surface area (Å²) >= 11 is 3.23. The second kappa shape index (κ2) is 5.61. The van der Waals surface area contributed by atoms with E-state index in [1.165, 1.54) is 18.2 Å². The Hall–Kier alpha value is -1.23. The van der Waals surface area contributed by atoms with Crippen LogP contribution in [0.2, 0.25) is 0 Å². The van der Waals surface area contributed by atoms with Crippen LogP contribution in [0.15, 0.2) is 53.0 Å². The minimum Gasteiger partial charge on any atom is -0.386 e. The summed E-state index contributed by atoms with van der Waals surface area (Å²) < 4.78 is 13.5. The average molecular weight is 310 g/mol. The van der Waals surface area contributed by atoms with E-state index < -0.39 is 12.1 Å². The second-order valence-corrected chi connectivity index (χ2v) is 4.90. The lowest BCUT2D eigenvalue weighted by atomic mass is 9.97. The van der Waals surface area contributed by atoms with E-state index in [1.807, 2.05) is 30.3 Å². The van der Waals surface area contributed by atoms with E-state index in [0.717, 1.165) is 5.56 Å². The third-order valence-electron chi connectivity index (χ3n) is 2.81. The number of aliphatic hydroxyl groups is 1. The molecule has 2 rings (SSSR count). The zero-order valence-corrected chi connectivity index (χ0v) is 11.1. The van der Waals surface area contributed by atoms with Gasteiger partial charge in [0.1, 0.15) is 5.82 Å². The molecule has 0 aliphatic rings. The first kappa shape index (κ1) is 13.2. The van der Waals surface area contributed by atoms with Crippen LogP contribution in [0.5, 0.6) is 0 Å². The summed E-state index contributed by atoms with van der Waals surface area (Å²) in [6, 6.07) is 12.9. The highest BCUT2D eigenvalue weighted by molar-refractivity contribution is 9.10. The fraction of sp³-hybridized carbons (Fsp3) is 0.143. The summed E-state index contributed by atoms with van der Waals surface area (Å²) in [4.78, 5) is 0. The van der Waals surface area contributed by atoms with Crippen molar-refractivity contribution in [3.8, 4) is 0 Å². The molecule has 2 unspecified atom stereocenters. The smallest absolute Gasteiger partial charge is 0.124 e. The molecular formula is C14H13BrFNO. The van der Waals surface area contributed by atoms with Crippen molar-refractivity contribution in [1.29, 1.82) is 0 Å². The molecule has 0 aromatic heterocycles. The molecule has 0 saturated carbocycles. The van der Waals surface area contributed by atoms with Gasteiger partial charge in [-0.2, -0.15) is 0 Å². The van der Waals surface area contributed by atoms with E-state index >= 15 is 0 Å². The van der Waals surface area contributed by atoms with Crippen molar-refractivity contribution in [2.24, 2.45) is 5.73 Å². The highest BCUT2D eigenvalue weighted by Gasteiger charge is 2.20. The molecular weight excluding hydrogens is 297 g/mol. The van der Waals surface area contributed by atoms with Crippen molar-refractivity contribution in [2.45, 2.75) is 12.1 Å². The summed E-state index contributed by atoms with van der Waals surface area (Å²) in [5, 5.41) is 10.2. The Morgan fingerprint density at radius 1 is 1.11 bits per heavy atom. The Kier molecular flexibility index (Phi) is 4.11. The lowest BCUT2D eigenvalue weighted by Gasteiger charge is -2.20. The Balaban J connectivity index is 2.28. The topological polar surface area (TPSA) is 46.2 Å². The number of halogens is 2. The Morgan fingerprint density at radius 2 is 1.78 bits per heavy atom. The quantitative estimate of drug-likeness (QED) is 0.913. The van der Waals surface area contributed by atoms with Crippen molar-refractivity contribution in [3.05, 3.63) is 69.9 Å². The molecule has 2 atom stereocenters. The summed E-state index contributed by atoms with van der Waals surface area (Å²) in [5.41, 5.74) is 7.42. The fourth-order valence-corrected chi connectivity index (χ4v) is 2.38. The van der Waals surface area contributed by atoms with Crippen molar-refractivity contribution >= 4 is 15.9 Å². The van der Waals surface area contributed by atoms with Gasteiger partial charge in [-0.25, -0.2) is 4.39 Å². The molecule has 94 valence electrons. The zero-order valence-electron chi connectivity index (χ0n) is 9.55. The van der Waals surface area contributed by atoms with Gasteiger partial charge in [-0.1, -0.05) is 52.3 Å². The van der Waals surface area contributed by atoms with Crippen LogP contribution in [0, 0.1) is 5.82 Å². The van der Waals surface area contributed by atoms with E-state index in [-0.39, 0.29) is 5.82 Å². The molecule has 0 fully saturated rings. The van der Waals surface area contributed by atoms with Crippen molar-refractivity contribution in [2.75, 3.05) is 0 Å². The van der Waals surface area contributed by atoms with E-state index in [1.54, 1.807) is 0 Å². The molecule has 0 saturated heterocycles. The van der Waals surface area contributed by atoms with Gasteiger partial charge < -0.3 is 10.8 Å². The van der Waals surface area contributed by atoms with Gasteiger partial charge in [0.2, 0.25) is 0 Å². The van der Waals surface area contributed by atoms with Crippen LogP contribution in [0.25, 0.3) is 0 Å². The van der Waals surface area contributed by atoms with E-state index in [4.69, 9.17) is 5.73 Å². The Labute approximate surface area is 113 Å². The van der Waals surface area contributed by atoms with Crippen LogP contribution in [0.4, 0.5) is 4.39 Å². The van der Waals surface area contributed by atoms with Gasteiger partial charge in [0.15, 0.2) is 0 Å². The third-order valence-corrected chi connectivity index (χ3v) is 3.49. The summed E-state index contributed by atoms with van der Waals surface area (Å²) in [6.07, 6.45) is -0.887. The number of nitrogens with two attached hydrogens (primary N) is 1. The molecule has 3 N–H and O–H groups in total. The molecule has 18 heavy (non-hydrogen) atoms. The van der Waals surface area contributed by atoms with Crippen LogP contribution in [0.1, 0.15) is 23.3 Å². The SMILES string of the molecule is NC(c1ccccc1)C(O)c1ccc(F)cc1Br. The number of aliphatic hydroxyl groups excluding tert-OH is 1. The lowest BCUT2D eigenvalue weighted by Crippen LogP contribution is -2.19. The summed E-state index contributed by atoms with van der Waals surface area (Å²) in [6.45, 7) is 0. The molecule has 2 aromatic carbocycles. The lowest BCUT2D eigenvalue weighted by molar-refractivity contribution is 0.146. The molecule has 2 aromatic rings. The molecule has 0 radical (unpaired) electrons. The van der Waals surface area contributed by atoms with Crippen LogP contribution in [-0.4, -0.2) is 5.11 Å². The molecule has 4 heteroatoms. The monoisotopic (exact) mass is 309 g/mol. The number of hydrogen-bond donors (Lipinski definition) is 2. The van der Waals surface area contributed by atoms with Crippen molar-refractivity contribution in [3.63, 3.8) is 0 Å². The van der Waals surface area contributed by atoms with E-state index in [9.17, 15) is 9.50 Å². The van der Waals surface area contributed by atoms with E-state index in [2.05, 4.69) is 15.9 Å². The highest BCUT2D eigenvalue weighted by Crippen LogP contribution is 2.31. The van der Waals surface area contributed by atoms with Crippen molar-refractivity contribution < 1.29 is 9.50 Å². The van der Waals surface area contributed by atoms with Crippen molar-refractivity contribution in [1.82, 2.24) is 0 Å². The average Bonchev–Trinajstić information content (AvgIpc) is 2.38. The highest BCUT2D eigenvalue weighted by atomic mass is 79.9. The van der Waals surface area contributed by atoms with Gasteiger partial charge in [0.05, 0.1) is 12.1 Å². The van der Waals surface area contributed by atoms with Crippen LogP contribution >= 0.6 is 15.9 Å². The predicted molar refractivity (Wildman–Crippen MR) is 72.4 cm³/mol. The molecule has 0 aliphatic carbocycles. The minimum absolute atomic E-state index is 0.355. The Morgan fingerprint density at radius 3 is 2.39 bits per heavy atom. The minimum atomic E-state index is -0.887. The summed E-state index contributed by atoms with van der Waals surface area (Å²) in [7, 11) is 0. The van der Waals surface area contributed by atoms with Gasteiger partial charge in [0, 0.05) is 4.47 Å². The summed E-state index contributed by atoms with van der Waals surface area (Å²) in [5.74, 6) is -0.355. The fourth-order valence-electron chi connectivity index (χ4n) is 1.79. The number of rotatable bonds is 3. The normalized spacial score (nSPS) is 14.2. The standard InChI is InChI=1S/C14H13BrFNO/c15-12-8-10(16)6-7-11(12)14(18)13(17)9-4-2-1-3-5-9/h1-8,13-14,18H,17H2. The second-order valence-electron chi connectivity index (χ2n) is 4.05. The first-order valence-electron chi connectivity index (χ1n) is 5.53. The largest absolute Gasteiger partial charge is 0.386 e. The molecule has 0 amide bonds. The Bertz CT molecular complexity index is 533. The van der Waals surface area contributed by atoms with E-state index in [0.29, 0.717) is 10.0 Å². The maximum Gasteiger partial charge on any atom is 0.124 e. The van der Waals surface area contributed by atoms with Crippen LogP contribution < -0.4 is 5.73 Å². The predicted octanol–water partition coefficient (Wildman–Crippen LogP) is 3.32. The molecule has 2 nitrogen and oxygen atoms in total. The molecule has 0 aliphatic heterocycles. The molecule has 0 heterocycles. The first-order valence-corrected chi connectivity index (χ1v) is 6.32. The molecule has 0 bridgehead atoms. The van der Waals surface area contributed by atoms with Gasteiger partial charge in [-0.15, -0.1) is 0 Å². The maximum absolute atomic E-state index is 13.0. The first-order chi connectivity index (χ1) is 8.59. The van der Waals surface area contributed by atoms with Crippen LogP contribution in [-0.2, 0) is 0 Å². The molecule has 0 spiro atoms. The van der Waals surface area contributed by atoms with Gasteiger partial charge in [-0.3, -0.25) is 0 Å². The number of hydrogen-bond acceptors (Lipinski definition) is 2. The third kappa shape index (κ3) is 2.77. The van der Waals surface area contributed by atoms with Gasteiger partial charge in [0.25, 0.3) is 0 Å². The van der Waals surface area contributed by atoms with Gasteiger partial charge in [-0.05, 0) is 23.3 Å². The number of benzene rings is 2. The van der Waals surface area contributed by atoms with Gasteiger partial charge >= 0.3 is 0 Å². The zero-order chi connectivity index (χ0) is 13.1. The van der Waals surface area contributed by atoms with Crippen LogP contribution in [0.3, 0.4) is 0 Å².